The number of rotatable bonds is 6. The van der Waals surface area contributed by atoms with E-state index in [-0.39, 0.29) is 40.4 Å². The Bertz CT molecular complexity index is 1470. The fraction of sp³-hybridized carbons (Fsp3) is 0.296. The van der Waals surface area contributed by atoms with E-state index in [0.29, 0.717) is 0 Å². The van der Waals surface area contributed by atoms with E-state index >= 15 is 0 Å². The van der Waals surface area contributed by atoms with Crippen molar-refractivity contribution in [3.05, 3.63) is 59.2 Å². The van der Waals surface area contributed by atoms with Gasteiger partial charge in [0.25, 0.3) is 0 Å². The lowest BCUT2D eigenvalue weighted by Gasteiger charge is -2.35. The number of carbonyl (C=O) groups is 1. The molecule has 1 unspecified atom stereocenters. The number of hydrogen-bond acceptors (Lipinski definition) is 14. The fourth-order valence-electron chi connectivity index (χ4n) is 4.59. The van der Waals surface area contributed by atoms with Gasteiger partial charge in [-0.25, -0.2) is 4.79 Å². The molecule has 0 aromatic heterocycles. The summed E-state index contributed by atoms with van der Waals surface area (Å²) in [5.41, 5.74) is -1.80. The number of aliphatic hydroxyl groups is 3. The van der Waals surface area contributed by atoms with E-state index in [1.165, 1.54) is 30.3 Å². The number of hydrogen-bond donors (Lipinski definition) is 9. The lowest BCUT2D eigenvalue weighted by molar-refractivity contribution is -0.116. The summed E-state index contributed by atoms with van der Waals surface area (Å²) in [7, 11) is 0. The summed E-state index contributed by atoms with van der Waals surface area (Å²) in [6, 6.07) is 7.96. The number of fused-ring (bicyclic) bond motifs is 1. The maximum absolute atomic E-state index is 13.1. The van der Waals surface area contributed by atoms with Crippen molar-refractivity contribution in [3.63, 3.8) is 0 Å². The van der Waals surface area contributed by atoms with Crippen molar-refractivity contribution in [3.8, 4) is 46.0 Å². The second kappa shape index (κ2) is 10.4. The summed E-state index contributed by atoms with van der Waals surface area (Å²) in [6.07, 6.45) is -5.57. The van der Waals surface area contributed by atoms with E-state index in [4.69, 9.17) is 18.9 Å². The molecule has 2 aliphatic rings. The van der Waals surface area contributed by atoms with Gasteiger partial charge < -0.3 is 64.9 Å². The van der Waals surface area contributed by atoms with Crippen LogP contribution in [0.1, 0.15) is 27.6 Å². The number of benzene rings is 3. The average Bonchev–Trinajstić information content (AvgIpc) is 3.22. The number of esters is 1. The Balaban J connectivity index is 1.51. The van der Waals surface area contributed by atoms with Crippen LogP contribution in [0.25, 0.3) is 0 Å². The van der Waals surface area contributed by atoms with Crippen LogP contribution in [0.3, 0.4) is 0 Å². The van der Waals surface area contributed by atoms with Crippen LogP contribution in [0.15, 0.2) is 42.5 Å². The Hall–Kier alpha value is -4.63. The highest BCUT2D eigenvalue weighted by Crippen LogP contribution is 2.45. The van der Waals surface area contributed by atoms with Crippen molar-refractivity contribution < 1.29 is 69.7 Å². The zero-order valence-corrected chi connectivity index (χ0v) is 21.0. The number of phenols is 6. The molecule has 9 N–H and O–H groups in total. The summed E-state index contributed by atoms with van der Waals surface area (Å²) in [5.74, 6) is -4.64. The summed E-state index contributed by atoms with van der Waals surface area (Å²) < 4.78 is 22.8. The van der Waals surface area contributed by atoms with Crippen LogP contribution in [0.4, 0.5) is 0 Å². The van der Waals surface area contributed by atoms with Gasteiger partial charge in [-0.3, -0.25) is 0 Å². The van der Waals surface area contributed by atoms with Gasteiger partial charge in [0.15, 0.2) is 34.9 Å². The predicted octanol–water partition coefficient (Wildman–Crippen LogP) is 0.641. The van der Waals surface area contributed by atoms with Crippen LogP contribution in [0, 0.1) is 0 Å². The predicted molar refractivity (Wildman–Crippen MR) is 134 cm³/mol. The lowest BCUT2D eigenvalue weighted by atomic mass is 9.93. The van der Waals surface area contributed by atoms with Gasteiger partial charge in [-0.1, -0.05) is 6.07 Å². The first-order chi connectivity index (χ1) is 19.4. The topological polar surface area (TPSA) is 236 Å². The van der Waals surface area contributed by atoms with Crippen molar-refractivity contribution in [2.24, 2.45) is 0 Å². The van der Waals surface area contributed by atoms with Crippen molar-refractivity contribution in [1.29, 1.82) is 0 Å². The van der Waals surface area contributed by atoms with E-state index in [1.807, 2.05) is 0 Å². The molecule has 2 aliphatic heterocycles. The van der Waals surface area contributed by atoms with E-state index in [2.05, 4.69) is 0 Å². The van der Waals surface area contributed by atoms with Gasteiger partial charge in [-0.15, -0.1) is 0 Å². The molecule has 0 saturated carbocycles. The summed E-state index contributed by atoms with van der Waals surface area (Å²) in [5, 5.41) is 89.6. The third-order valence-electron chi connectivity index (χ3n) is 6.86. The Morgan fingerprint density at radius 3 is 2.29 bits per heavy atom. The lowest BCUT2D eigenvalue weighted by Crippen LogP contribution is -2.48. The van der Waals surface area contributed by atoms with Gasteiger partial charge in [-0.2, -0.15) is 0 Å². The Morgan fingerprint density at radius 2 is 1.66 bits per heavy atom. The highest BCUT2D eigenvalue weighted by molar-refractivity contribution is 5.91. The minimum absolute atomic E-state index is 0.0645. The Morgan fingerprint density at radius 1 is 0.951 bits per heavy atom. The van der Waals surface area contributed by atoms with Crippen molar-refractivity contribution in [2.75, 3.05) is 13.2 Å². The molecular formula is C27H26O14. The normalized spacial score (nSPS) is 25.2. The number of ether oxygens (including phenoxy) is 4. The Labute approximate surface area is 231 Å². The second-order valence-electron chi connectivity index (χ2n) is 9.72. The molecule has 41 heavy (non-hydrogen) atoms. The minimum Gasteiger partial charge on any atom is -0.508 e. The van der Waals surface area contributed by atoms with E-state index < -0.39 is 78.1 Å². The van der Waals surface area contributed by atoms with Crippen molar-refractivity contribution in [1.82, 2.24) is 0 Å². The first-order valence-corrected chi connectivity index (χ1v) is 12.2. The average molecular weight is 574 g/mol. The van der Waals surface area contributed by atoms with Gasteiger partial charge in [0.05, 0.1) is 18.8 Å². The number of carbonyl (C=O) groups excluding carboxylic acids is 1. The van der Waals surface area contributed by atoms with Crippen molar-refractivity contribution >= 4 is 5.97 Å². The first kappa shape index (κ1) is 27.9. The van der Waals surface area contributed by atoms with Gasteiger partial charge in [0.2, 0.25) is 6.29 Å². The maximum atomic E-state index is 13.1. The second-order valence-corrected chi connectivity index (χ2v) is 9.72. The smallest absolute Gasteiger partial charge is 0.338 e. The van der Waals surface area contributed by atoms with E-state index in [1.54, 1.807) is 0 Å². The minimum atomic E-state index is -1.98. The molecule has 5 atom stereocenters. The quantitative estimate of drug-likeness (QED) is 0.145. The van der Waals surface area contributed by atoms with E-state index in [9.17, 15) is 50.8 Å². The third-order valence-corrected chi connectivity index (χ3v) is 6.86. The molecule has 0 spiro atoms. The van der Waals surface area contributed by atoms with Crippen LogP contribution < -0.4 is 9.47 Å². The summed E-state index contributed by atoms with van der Waals surface area (Å²) in [6.45, 7) is -1.25. The largest absolute Gasteiger partial charge is 0.508 e. The molecule has 2 heterocycles. The van der Waals surface area contributed by atoms with Crippen LogP contribution in [0.2, 0.25) is 0 Å². The maximum Gasteiger partial charge on any atom is 0.338 e. The summed E-state index contributed by atoms with van der Waals surface area (Å²) in [4.78, 5) is 13.1. The molecule has 0 radical (unpaired) electrons. The van der Waals surface area contributed by atoms with Gasteiger partial charge >= 0.3 is 5.97 Å². The van der Waals surface area contributed by atoms with Gasteiger partial charge in [0.1, 0.15) is 35.1 Å². The van der Waals surface area contributed by atoms with Crippen LogP contribution in [-0.2, 0) is 15.9 Å². The van der Waals surface area contributed by atoms with E-state index in [0.717, 1.165) is 12.1 Å². The van der Waals surface area contributed by atoms with Crippen LogP contribution in [-0.4, -0.2) is 89.2 Å². The molecule has 3 aromatic carbocycles. The zero-order chi connectivity index (χ0) is 29.6. The number of phenolic OH excluding ortho intramolecular Hbond substituents is 6. The molecule has 218 valence electrons. The molecule has 3 aromatic rings. The summed E-state index contributed by atoms with van der Waals surface area (Å²) >= 11 is 0. The molecule has 0 aliphatic carbocycles. The molecule has 0 amide bonds. The molecule has 5 rings (SSSR count). The zero-order valence-electron chi connectivity index (χ0n) is 21.0. The molecule has 14 nitrogen and oxygen atoms in total. The molecule has 0 bridgehead atoms. The SMILES string of the molecule is O=C(O[C@H]1Cc2c(OC3OC[C@](O)(CO)[C@H]3O)cc(O)cc2O[C@@H]1c1ccc(O)c(O)c1)c1cc(O)c(O)c(O)c1. The number of aliphatic hydroxyl groups excluding tert-OH is 2. The van der Waals surface area contributed by atoms with Crippen LogP contribution in [0.5, 0.6) is 46.0 Å². The molecule has 14 heteroatoms. The first-order valence-electron chi connectivity index (χ1n) is 12.2. The third kappa shape index (κ3) is 5.16. The highest BCUT2D eigenvalue weighted by atomic mass is 16.7. The molecular weight excluding hydrogens is 548 g/mol. The van der Waals surface area contributed by atoms with Crippen LogP contribution >= 0.6 is 0 Å². The Kier molecular flexibility index (Phi) is 7.08. The monoisotopic (exact) mass is 574 g/mol. The molecule has 1 saturated heterocycles. The van der Waals surface area contributed by atoms with Gasteiger partial charge in [0, 0.05) is 29.7 Å². The standard InChI is InChI=1S/C27H26O14/c28-9-27(37)10-38-26(24(27)35)41-20-7-13(29)6-19-14(20)8-21(23(39-19)11-1-2-15(30)16(31)3-11)40-25(36)12-4-17(32)22(34)18(33)5-12/h1-7,21,23-24,26,28-35,37H,8-10H2/t21-,23+,24-,26?,27+/m0/s1. The highest BCUT2D eigenvalue weighted by Gasteiger charge is 2.49. The fourth-order valence-corrected chi connectivity index (χ4v) is 4.59. The van der Waals surface area contributed by atoms with Crippen molar-refractivity contribution in [2.45, 2.75) is 36.6 Å². The van der Waals surface area contributed by atoms with Gasteiger partial charge in [-0.05, 0) is 24.3 Å². The molecule has 1 fully saturated rings. The number of aromatic hydroxyl groups is 6.